The first-order valence-corrected chi connectivity index (χ1v) is 7.14. The lowest BCUT2D eigenvalue weighted by Gasteiger charge is -2.17. The van der Waals surface area contributed by atoms with Gasteiger partial charge in [-0.3, -0.25) is 0 Å². The molecule has 20 heavy (non-hydrogen) atoms. The van der Waals surface area contributed by atoms with Crippen LogP contribution in [0.3, 0.4) is 0 Å². The van der Waals surface area contributed by atoms with Gasteiger partial charge in [-0.15, -0.1) is 0 Å². The van der Waals surface area contributed by atoms with Crippen molar-refractivity contribution in [3.63, 3.8) is 0 Å². The van der Waals surface area contributed by atoms with Crippen LogP contribution < -0.4 is 5.32 Å². The van der Waals surface area contributed by atoms with Crippen LogP contribution in [0.2, 0.25) is 0 Å². The number of anilines is 1. The van der Waals surface area contributed by atoms with E-state index in [4.69, 9.17) is 4.98 Å². The van der Waals surface area contributed by atoms with Gasteiger partial charge in [-0.2, -0.15) is 0 Å². The molecular formula is C17H17N3. The third-order valence-corrected chi connectivity index (χ3v) is 4.05. The monoisotopic (exact) mass is 263 g/mol. The van der Waals surface area contributed by atoms with Crippen LogP contribution in [-0.4, -0.2) is 16.5 Å². The fourth-order valence-electron chi connectivity index (χ4n) is 2.94. The SMILES string of the molecule is Cc1ccccc1-c1nc2cc3c(cc2[nH]1)CCCN3. The second-order valence-electron chi connectivity index (χ2n) is 5.46. The maximum atomic E-state index is 4.76. The summed E-state index contributed by atoms with van der Waals surface area (Å²) in [6, 6.07) is 12.8. The summed E-state index contributed by atoms with van der Waals surface area (Å²) in [6.45, 7) is 3.18. The van der Waals surface area contributed by atoms with Gasteiger partial charge < -0.3 is 10.3 Å². The van der Waals surface area contributed by atoms with E-state index in [0.29, 0.717) is 0 Å². The zero-order chi connectivity index (χ0) is 13.5. The summed E-state index contributed by atoms with van der Waals surface area (Å²) in [7, 11) is 0. The molecule has 100 valence electrons. The van der Waals surface area contributed by atoms with Crippen LogP contribution in [0, 0.1) is 6.92 Å². The van der Waals surface area contributed by atoms with Gasteiger partial charge in [-0.05, 0) is 43.0 Å². The average Bonchev–Trinajstić information content (AvgIpc) is 2.87. The fourth-order valence-corrected chi connectivity index (χ4v) is 2.94. The van der Waals surface area contributed by atoms with Crippen LogP contribution in [0.1, 0.15) is 17.5 Å². The summed E-state index contributed by atoms with van der Waals surface area (Å²) < 4.78 is 0. The summed E-state index contributed by atoms with van der Waals surface area (Å²) >= 11 is 0. The molecule has 3 aromatic rings. The topological polar surface area (TPSA) is 40.7 Å². The van der Waals surface area contributed by atoms with Gasteiger partial charge in [0.05, 0.1) is 11.0 Å². The van der Waals surface area contributed by atoms with E-state index in [1.165, 1.54) is 28.8 Å². The van der Waals surface area contributed by atoms with Crippen LogP contribution in [0.4, 0.5) is 5.69 Å². The van der Waals surface area contributed by atoms with Crippen molar-refractivity contribution in [2.75, 3.05) is 11.9 Å². The Morgan fingerprint density at radius 3 is 2.95 bits per heavy atom. The molecule has 2 heterocycles. The zero-order valence-corrected chi connectivity index (χ0v) is 11.5. The standard InChI is InChI=1S/C17H17N3/c1-11-5-2-3-7-13(11)17-19-15-9-12-6-4-8-18-14(12)10-16(15)20-17/h2-3,5,7,9-10,18H,4,6,8H2,1H3,(H,19,20). The third kappa shape index (κ3) is 1.78. The highest BCUT2D eigenvalue weighted by atomic mass is 14.9. The Labute approximate surface area is 118 Å². The number of aromatic amines is 1. The molecule has 0 aliphatic carbocycles. The molecule has 0 atom stereocenters. The summed E-state index contributed by atoms with van der Waals surface area (Å²) in [5.74, 6) is 0.959. The number of benzene rings is 2. The molecule has 2 aromatic carbocycles. The Bertz CT molecular complexity index is 743. The molecule has 0 amide bonds. The van der Waals surface area contributed by atoms with Gasteiger partial charge in [0.1, 0.15) is 5.82 Å². The van der Waals surface area contributed by atoms with Gasteiger partial charge >= 0.3 is 0 Å². The molecule has 1 aliphatic heterocycles. The molecule has 3 nitrogen and oxygen atoms in total. The first-order valence-electron chi connectivity index (χ1n) is 7.14. The molecule has 1 aromatic heterocycles. The van der Waals surface area contributed by atoms with Gasteiger partial charge in [0.2, 0.25) is 0 Å². The van der Waals surface area contributed by atoms with Gasteiger partial charge in [0.25, 0.3) is 0 Å². The van der Waals surface area contributed by atoms with Gasteiger partial charge in [0, 0.05) is 17.8 Å². The van der Waals surface area contributed by atoms with E-state index in [1.54, 1.807) is 0 Å². The minimum Gasteiger partial charge on any atom is -0.385 e. The minimum absolute atomic E-state index is 0.959. The van der Waals surface area contributed by atoms with Crippen molar-refractivity contribution in [1.82, 2.24) is 9.97 Å². The van der Waals surface area contributed by atoms with Crippen molar-refractivity contribution >= 4 is 16.7 Å². The lowest BCUT2D eigenvalue weighted by molar-refractivity contribution is 0.831. The molecule has 0 unspecified atom stereocenters. The normalized spacial score (nSPS) is 14.1. The molecule has 0 radical (unpaired) electrons. The maximum absolute atomic E-state index is 4.76. The Morgan fingerprint density at radius 1 is 1.15 bits per heavy atom. The zero-order valence-electron chi connectivity index (χ0n) is 11.5. The van der Waals surface area contributed by atoms with Gasteiger partial charge in [0.15, 0.2) is 0 Å². The Morgan fingerprint density at radius 2 is 2.05 bits per heavy atom. The van der Waals surface area contributed by atoms with Crippen LogP contribution >= 0.6 is 0 Å². The number of imidazole rings is 1. The second-order valence-corrected chi connectivity index (χ2v) is 5.46. The van der Waals surface area contributed by atoms with E-state index in [1.807, 2.05) is 0 Å². The van der Waals surface area contributed by atoms with Crippen molar-refractivity contribution in [3.05, 3.63) is 47.5 Å². The van der Waals surface area contributed by atoms with Gasteiger partial charge in [-0.25, -0.2) is 4.98 Å². The molecule has 2 N–H and O–H groups in total. The fraction of sp³-hybridized carbons (Fsp3) is 0.235. The van der Waals surface area contributed by atoms with Crippen LogP contribution in [0.15, 0.2) is 36.4 Å². The lowest BCUT2D eigenvalue weighted by atomic mass is 10.0. The lowest BCUT2D eigenvalue weighted by Crippen LogP contribution is -2.11. The molecule has 4 rings (SSSR count). The van der Waals surface area contributed by atoms with Crippen LogP contribution in [-0.2, 0) is 6.42 Å². The minimum atomic E-state index is 0.959. The summed E-state index contributed by atoms with van der Waals surface area (Å²) in [6.07, 6.45) is 2.36. The Hall–Kier alpha value is -2.29. The molecule has 0 bridgehead atoms. The molecule has 0 fully saturated rings. The highest BCUT2D eigenvalue weighted by Crippen LogP contribution is 2.29. The number of rotatable bonds is 1. The van der Waals surface area contributed by atoms with E-state index >= 15 is 0 Å². The highest BCUT2D eigenvalue weighted by Gasteiger charge is 2.13. The molecule has 0 spiro atoms. The van der Waals surface area contributed by atoms with Gasteiger partial charge in [-0.1, -0.05) is 24.3 Å². The van der Waals surface area contributed by atoms with Crippen LogP contribution in [0.5, 0.6) is 0 Å². The predicted octanol–water partition coefficient (Wildman–Crippen LogP) is 3.90. The maximum Gasteiger partial charge on any atom is 0.138 e. The second kappa shape index (κ2) is 4.37. The van der Waals surface area contributed by atoms with Crippen molar-refractivity contribution in [1.29, 1.82) is 0 Å². The number of hydrogen-bond acceptors (Lipinski definition) is 2. The number of fused-ring (bicyclic) bond motifs is 2. The summed E-state index contributed by atoms with van der Waals surface area (Å²) in [5, 5.41) is 3.46. The quantitative estimate of drug-likeness (QED) is 0.699. The third-order valence-electron chi connectivity index (χ3n) is 4.05. The van der Waals surface area contributed by atoms with Crippen molar-refractivity contribution < 1.29 is 0 Å². The Balaban J connectivity index is 1.89. The molecule has 1 aliphatic rings. The molecular weight excluding hydrogens is 246 g/mol. The number of nitrogens with one attached hydrogen (secondary N) is 2. The van der Waals surface area contributed by atoms with Crippen molar-refractivity contribution in [3.8, 4) is 11.4 Å². The average molecular weight is 263 g/mol. The Kier molecular flexibility index (Phi) is 2.52. The highest BCUT2D eigenvalue weighted by molar-refractivity contribution is 5.85. The first kappa shape index (κ1) is 11.5. The van der Waals surface area contributed by atoms with Crippen molar-refractivity contribution in [2.45, 2.75) is 19.8 Å². The van der Waals surface area contributed by atoms with E-state index in [-0.39, 0.29) is 0 Å². The van der Waals surface area contributed by atoms with E-state index in [2.05, 4.69) is 53.6 Å². The van der Waals surface area contributed by atoms with E-state index in [9.17, 15) is 0 Å². The molecule has 3 heteroatoms. The molecule has 0 saturated heterocycles. The predicted molar refractivity (Wildman–Crippen MR) is 83.1 cm³/mol. The largest absolute Gasteiger partial charge is 0.385 e. The summed E-state index contributed by atoms with van der Waals surface area (Å²) in [4.78, 5) is 8.22. The summed E-state index contributed by atoms with van der Waals surface area (Å²) in [5.41, 5.74) is 7.22. The number of nitrogens with zero attached hydrogens (tertiary/aromatic N) is 1. The smallest absolute Gasteiger partial charge is 0.138 e. The molecule has 0 saturated carbocycles. The number of aryl methyl sites for hydroxylation is 2. The van der Waals surface area contributed by atoms with Crippen molar-refractivity contribution in [2.24, 2.45) is 0 Å². The van der Waals surface area contributed by atoms with E-state index < -0.39 is 0 Å². The number of aromatic nitrogens is 2. The number of H-pyrrole nitrogens is 1. The first-order chi connectivity index (χ1) is 9.81. The van der Waals surface area contributed by atoms with E-state index in [0.717, 1.165) is 29.8 Å². The van der Waals surface area contributed by atoms with Crippen LogP contribution in [0.25, 0.3) is 22.4 Å². The number of hydrogen-bond donors (Lipinski definition) is 2.